The number of hydrogen-bond acceptors (Lipinski definition) is 0. The zero-order chi connectivity index (χ0) is 11.1. The fourth-order valence-electron chi connectivity index (χ4n) is 1.98. The van der Waals surface area contributed by atoms with Gasteiger partial charge in [-0.15, -0.1) is 0 Å². The Balaban J connectivity index is 1.49. The van der Waals surface area contributed by atoms with Gasteiger partial charge in [0, 0.05) is 37.9 Å². The van der Waals surface area contributed by atoms with E-state index in [1.165, 1.54) is 25.7 Å². The van der Waals surface area contributed by atoms with Crippen LogP contribution in [-0.4, -0.2) is 9.13 Å². The summed E-state index contributed by atoms with van der Waals surface area (Å²) >= 11 is 0. The fraction of sp³-hybridized carbons (Fsp3) is 0.429. The van der Waals surface area contributed by atoms with Crippen molar-refractivity contribution in [1.82, 2.24) is 9.13 Å². The van der Waals surface area contributed by atoms with Crippen molar-refractivity contribution >= 4 is 0 Å². The van der Waals surface area contributed by atoms with Crippen molar-refractivity contribution in [2.75, 3.05) is 0 Å². The molecule has 0 amide bonds. The van der Waals surface area contributed by atoms with Gasteiger partial charge in [0.25, 0.3) is 0 Å². The molecule has 2 aromatic rings. The van der Waals surface area contributed by atoms with Crippen LogP contribution in [0.1, 0.15) is 25.7 Å². The first-order chi connectivity index (χ1) is 7.95. The Bertz CT molecular complexity index is 321. The van der Waals surface area contributed by atoms with Crippen molar-refractivity contribution in [1.29, 1.82) is 0 Å². The number of nitrogens with zero attached hydrogens (tertiary/aromatic N) is 2. The molecule has 0 aliphatic carbocycles. The lowest BCUT2D eigenvalue weighted by Crippen LogP contribution is -1.96. The Labute approximate surface area is 97.5 Å². The largest absolute Gasteiger partial charge is 0.354 e. The molecule has 0 bridgehead atoms. The number of aromatic nitrogens is 2. The van der Waals surface area contributed by atoms with Crippen molar-refractivity contribution in [2.45, 2.75) is 38.8 Å². The highest BCUT2D eigenvalue weighted by Gasteiger charge is 1.92. The first kappa shape index (κ1) is 11.1. The highest BCUT2D eigenvalue weighted by Crippen LogP contribution is 2.04. The smallest absolute Gasteiger partial charge is 0.0219 e. The molecule has 0 fully saturated rings. The van der Waals surface area contributed by atoms with Crippen molar-refractivity contribution in [2.24, 2.45) is 0 Å². The van der Waals surface area contributed by atoms with Gasteiger partial charge in [-0.05, 0) is 37.1 Å². The predicted molar refractivity (Wildman–Crippen MR) is 67.3 cm³/mol. The molecule has 2 rings (SSSR count). The lowest BCUT2D eigenvalue weighted by Gasteiger charge is -2.04. The zero-order valence-electron chi connectivity index (χ0n) is 9.76. The molecule has 0 spiro atoms. The Morgan fingerprint density at radius 1 is 0.500 bits per heavy atom. The standard InChI is InChI=1S/C14H20N2/c1(3-9-15-11-5-6-12-15)2-4-10-16-13-7-8-14-16/h5-8,11-14H,1-4,9-10H2. The van der Waals surface area contributed by atoms with E-state index in [-0.39, 0.29) is 0 Å². The molecule has 0 aliphatic rings. The van der Waals surface area contributed by atoms with E-state index in [4.69, 9.17) is 0 Å². The first-order valence-corrected chi connectivity index (χ1v) is 6.17. The van der Waals surface area contributed by atoms with Crippen LogP contribution in [0.3, 0.4) is 0 Å². The molecule has 0 saturated heterocycles. The molecule has 0 N–H and O–H groups in total. The highest BCUT2D eigenvalue weighted by molar-refractivity contribution is 4.90. The average Bonchev–Trinajstić information content (AvgIpc) is 2.96. The maximum Gasteiger partial charge on any atom is 0.0219 e. The lowest BCUT2D eigenvalue weighted by atomic mass is 10.2. The van der Waals surface area contributed by atoms with Crippen LogP contribution in [0.4, 0.5) is 0 Å². The zero-order valence-corrected chi connectivity index (χ0v) is 9.76. The van der Waals surface area contributed by atoms with E-state index in [9.17, 15) is 0 Å². The van der Waals surface area contributed by atoms with Crippen LogP contribution in [0.5, 0.6) is 0 Å². The van der Waals surface area contributed by atoms with E-state index in [2.05, 4.69) is 58.2 Å². The molecule has 2 aromatic heterocycles. The second-order valence-electron chi connectivity index (χ2n) is 4.26. The molecule has 0 aliphatic heterocycles. The summed E-state index contributed by atoms with van der Waals surface area (Å²) in [5, 5.41) is 0. The average molecular weight is 216 g/mol. The van der Waals surface area contributed by atoms with E-state index in [0.29, 0.717) is 0 Å². The highest BCUT2D eigenvalue weighted by atomic mass is 14.9. The van der Waals surface area contributed by atoms with Gasteiger partial charge in [-0.25, -0.2) is 0 Å². The third-order valence-electron chi connectivity index (χ3n) is 2.92. The molecule has 0 atom stereocenters. The van der Waals surface area contributed by atoms with Crippen LogP contribution >= 0.6 is 0 Å². The second kappa shape index (κ2) is 6.21. The molecular formula is C14H20N2. The van der Waals surface area contributed by atoms with Gasteiger partial charge in [0.15, 0.2) is 0 Å². The quantitative estimate of drug-likeness (QED) is 0.626. The monoisotopic (exact) mass is 216 g/mol. The van der Waals surface area contributed by atoms with E-state index in [0.717, 1.165) is 13.1 Å². The van der Waals surface area contributed by atoms with Gasteiger partial charge in [0.1, 0.15) is 0 Å². The summed E-state index contributed by atoms with van der Waals surface area (Å²) in [5.74, 6) is 0. The van der Waals surface area contributed by atoms with E-state index < -0.39 is 0 Å². The predicted octanol–water partition coefficient (Wildman–Crippen LogP) is 3.55. The topological polar surface area (TPSA) is 9.86 Å². The number of aryl methyl sites for hydroxylation is 2. The summed E-state index contributed by atoms with van der Waals surface area (Å²) in [7, 11) is 0. The molecule has 0 unspecified atom stereocenters. The number of rotatable bonds is 7. The molecule has 0 aromatic carbocycles. The molecular weight excluding hydrogens is 196 g/mol. The minimum absolute atomic E-state index is 1.16. The van der Waals surface area contributed by atoms with Gasteiger partial charge >= 0.3 is 0 Å². The van der Waals surface area contributed by atoms with E-state index >= 15 is 0 Å². The van der Waals surface area contributed by atoms with Crippen LogP contribution < -0.4 is 0 Å². The molecule has 2 heteroatoms. The summed E-state index contributed by atoms with van der Waals surface area (Å²) in [6, 6.07) is 8.36. The molecule has 2 heterocycles. The Morgan fingerprint density at radius 2 is 0.875 bits per heavy atom. The molecule has 0 saturated carbocycles. The second-order valence-corrected chi connectivity index (χ2v) is 4.26. The first-order valence-electron chi connectivity index (χ1n) is 6.17. The summed E-state index contributed by atoms with van der Waals surface area (Å²) in [4.78, 5) is 0. The normalized spacial score (nSPS) is 10.8. The summed E-state index contributed by atoms with van der Waals surface area (Å²) in [6.45, 7) is 2.33. The Hall–Kier alpha value is -1.44. The van der Waals surface area contributed by atoms with Crippen LogP contribution in [0.2, 0.25) is 0 Å². The third-order valence-corrected chi connectivity index (χ3v) is 2.92. The summed E-state index contributed by atoms with van der Waals surface area (Å²) in [6.07, 6.45) is 13.8. The van der Waals surface area contributed by atoms with Crippen LogP contribution in [0.25, 0.3) is 0 Å². The van der Waals surface area contributed by atoms with Crippen LogP contribution in [0.15, 0.2) is 49.1 Å². The molecule has 2 nitrogen and oxygen atoms in total. The maximum absolute atomic E-state index is 2.26. The van der Waals surface area contributed by atoms with Gasteiger partial charge < -0.3 is 9.13 Å². The third kappa shape index (κ3) is 3.61. The van der Waals surface area contributed by atoms with Crippen LogP contribution in [-0.2, 0) is 13.1 Å². The molecule has 0 radical (unpaired) electrons. The molecule has 16 heavy (non-hydrogen) atoms. The van der Waals surface area contributed by atoms with Crippen molar-refractivity contribution in [3.05, 3.63) is 49.1 Å². The van der Waals surface area contributed by atoms with E-state index in [1.54, 1.807) is 0 Å². The number of hydrogen-bond donors (Lipinski definition) is 0. The van der Waals surface area contributed by atoms with Gasteiger partial charge in [-0.1, -0.05) is 12.8 Å². The lowest BCUT2D eigenvalue weighted by molar-refractivity contribution is 0.541. The maximum atomic E-state index is 2.26. The van der Waals surface area contributed by atoms with Crippen LogP contribution in [0, 0.1) is 0 Å². The molecule has 86 valence electrons. The van der Waals surface area contributed by atoms with E-state index in [1.807, 2.05) is 0 Å². The number of unbranched alkanes of at least 4 members (excludes halogenated alkanes) is 3. The summed E-state index contributed by atoms with van der Waals surface area (Å²) in [5.41, 5.74) is 0. The minimum atomic E-state index is 1.16. The SMILES string of the molecule is c1ccn(CCCCCCn2cccc2)c1. The van der Waals surface area contributed by atoms with Gasteiger partial charge in [0.05, 0.1) is 0 Å². The van der Waals surface area contributed by atoms with Crippen molar-refractivity contribution in [3.8, 4) is 0 Å². The Kier molecular flexibility index (Phi) is 4.29. The van der Waals surface area contributed by atoms with Gasteiger partial charge in [-0.3, -0.25) is 0 Å². The fourth-order valence-corrected chi connectivity index (χ4v) is 1.98. The van der Waals surface area contributed by atoms with Crippen molar-refractivity contribution in [3.63, 3.8) is 0 Å². The van der Waals surface area contributed by atoms with Gasteiger partial charge in [-0.2, -0.15) is 0 Å². The van der Waals surface area contributed by atoms with Gasteiger partial charge in [0.2, 0.25) is 0 Å². The minimum Gasteiger partial charge on any atom is -0.354 e. The summed E-state index contributed by atoms with van der Waals surface area (Å²) < 4.78 is 4.51. The Morgan fingerprint density at radius 3 is 1.25 bits per heavy atom. The van der Waals surface area contributed by atoms with Crippen molar-refractivity contribution < 1.29 is 0 Å².